The number of piperazine rings is 1. The lowest BCUT2D eigenvalue weighted by Crippen LogP contribution is -2.49. The molecule has 7 heteroatoms. The second-order valence-corrected chi connectivity index (χ2v) is 8.07. The van der Waals surface area contributed by atoms with Crippen LogP contribution in [-0.2, 0) is 0 Å². The number of ether oxygens (including phenoxy) is 1. The zero-order valence-electron chi connectivity index (χ0n) is 13.7. The molecule has 0 aliphatic carbocycles. The Bertz CT molecular complexity index is 561. The van der Waals surface area contributed by atoms with E-state index in [9.17, 15) is 10.2 Å². The van der Waals surface area contributed by atoms with Crippen molar-refractivity contribution in [3.63, 3.8) is 0 Å². The van der Waals surface area contributed by atoms with Crippen LogP contribution in [0.4, 0.5) is 0 Å². The van der Waals surface area contributed by atoms with Gasteiger partial charge in [0.1, 0.15) is 0 Å². The van der Waals surface area contributed by atoms with Gasteiger partial charge >= 0.3 is 0 Å². The topological polar surface area (TPSA) is 65.0 Å². The molecule has 0 bridgehead atoms. The molecule has 1 heterocycles. The van der Waals surface area contributed by atoms with Crippen LogP contribution < -0.4 is 10.1 Å². The first-order chi connectivity index (χ1) is 10.8. The number of hydrogen-bond acceptors (Lipinski definition) is 5. The van der Waals surface area contributed by atoms with E-state index in [0.29, 0.717) is 10.2 Å². The third kappa shape index (κ3) is 3.85. The number of phenolic OH excluding ortho intramolecular Hbond substituents is 1. The number of hydrogen-bond donors (Lipinski definition) is 3. The SMILES string of the molecule is COc1cc([C@@H](N2CCNCC2)C(C)(C)CO)c(Br)c(Br)c1O. The third-order valence-electron chi connectivity index (χ3n) is 4.35. The summed E-state index contributed by atoms with van der Waals surface area (Å²) in [4.78, 5) is 2.37. The van der Waals surface area contributed by atoms with E-state index in [4.69, 9.17) is 4.74 Å². The number of aliphatic hydroxyl groups is 1. The summed E-state index contributed by atoms with van der Waals surface area (Å²) in [6, 6.07) is 1.85. The molecule has 2 rings (SSSR count). The van der Waals surface area contributed by atoms with Crippen LogP contribution in [0.3, 0.4) is 0 Å². The third-order valence-corrected chi connectivity index (χ3v) is 6.51. The predicted octanol–water partition coefficient (Wildman–Crippen LogP) is 2.89. The van der Waals surface area contributed by atoms with E-state index >= 15 is 0 Å². The number of halogens is 2. The largest absolute Gasteiger partial charge is 0.503 e. The lowest BCUT2D eigenvalue weighted by molar-refractivity contribution is 0.0300. The molecule has 1 aromatic rings. The highest BCUT2D eigenvalue weighted by molar-refractivity contribution is 9.13. The van der Waals surface area contributed by atoms with Gasteiger partial charge in [0, 0.05) is 48.7 Å². The second kappa shape index (κ2) is 7.70. The number of aliphatic hydroxyl groups excluding tert-OH is 1. The van der Waals surface area contributed by atoms with Gasteiger partial charge in [-0.2, -0.15) is 0 Å². The molecule has 0 unspecified atom stereocenters. The first kappa shape index (κ1) is 19.0. The first-order valence-corrected chi connectivity index (χ1v) is 9.22. The summed E-state index contributed by atoms with van der Waals surface area (Å²) in [5.41, 5.74) is 0.647. The van der Waals surface area contributed by atoms with Gasteiger partial charge in [0.2, 0.25) is 0 Å². The van der Waals surface area contributed by atoms with Crippen LogP contribution in [0.15, 0.2) is 15.0 Å². The van der Waals surface area contributed by atoms with Gasteiger partial charge in [-0.05, 0) is 43.5 Å². The highest BCUT2D eigenvalue weighted by atomic mass is 79.9. The number of rotatable bonds is 5. The highest BCUT2D eigenvalue weighted by Gasteiger charge is 2.38. The average molecular weight is 452 g/mol. The average Bonchev–Trinajstić information content (AvgIpc) is 2.56. The zero-order chi connectivity index (χ0) is 17.2. The van der Waals surface area contributed by atoms with Crippen molar-refractivity contribution in [2.45, 2.75) is 19.9 Å². The Morgan fingerprint density at radius 2 is 1.91 bits per heavy atom. The van der Waals surface area contributed by atoms with Gasteiger partial charge in [0.15, 0.2) is 11.5 Å². The van der Waals surface area contributed by atoms with Crippen LogP contribution in [0, 0.1) is 5.41 Å². The summed E-state index contributed by atoms with van der Waals surface area (Å²) in [7, 11) is 1.54. The van der Waals surface area contributed by atoms with E-state index in [2.05, 4.69) is 55.9 Å². The summed E-state index contributed by atoms with van der Waals surface area (Å²) in [5.74, 6) is 0.493. The number of methoxy groups -OCH3 is 1. The summed E-state index contributed by atoms with van der Waals surface area (Å²) >= 11 is 7.03. The summed E-state index contributed by atoms with van der Waals surface area (Å²) in [6.45, 7) is 7.83. The summed E-state index contributed by atoms with van der Waals surface area (Å²) < 4.78 is 6.67. The Morgan fingerprint density at radius 1 is 1.30 bits per heavy atom. The molecule has 1 saturated heterocycles. The summed E-state index contributed by atoms with van der Waals surface area (Å²) in [5, 5.41) is 23.5. The van der Waals surface area contributed by atoms with Gasteiger partial charge in [-0.1, -0.05) is 13.8 Å². The van der Waals surface area contributed by atoms with Gasteiger partial charge in [0.05, 0.1) is 11.6 Å². The molecule has 1 fully saturated rings. The van der Waals surface area contributed by atoms with Gasteiger partial charge < -0.3 is 20.3 Å². The molecular weight excluding hydrogens is 428 g/mol. The van der Waals surface area contributed by atoms with Crippen LogP contribution >= 0.6 is 31.9 Å². The number of phenols is 1. The van der Waals surface area contributed by atoms with Crippen molar-refractivity contribution in [3.05, 3.63) is 20.6 Å². The Labute approximate surface area is 154 Å². The van der Waals surface area contributed by atoms with Crippen LogP contribution in [-0.4, -0.2) is 55.0 Å². The molecule has 1 aromatic carbocycles. The molecule has 130 valence electrons. The molecule has 0 aromatic heterocycles. The maximum atomic E-state index is 10.2. The molecule has 0 saturated carbocycles. The minimum Gasteiger partial charge on any atom is -0.503 e. The van der Waals surface area contributed by atoms with Crippen molar-refractivity contribution in [1.29, 1.82) is 0 Å². The zero-order valence-corrected chi connectivity index (χ0v) is 16.9. The van der Waals surface area contributed by atoms with E-state index in [1.807, 2.05) is 6.07 Å². The van der Waals surface area contributed by atoms with Crippen LogP contribution in [0.5, 0.6) is 11.5 Å². The quantitative estimate of drug-likeness (QED) is 0.642. The lowest BCUT2D eigenvalue weighted by Gasteiger charge is -2.44. The Kier molecular flexibility index (Phi) is 6.35. The monoisotopic (exact) mass is 450 g/mol. The molecule has 1 aliphatic heterocycles. The summed E-state index contributed by atoms with van der Waals surface area (Å²) in [6.07, 6.45) is 0. The van der Waals surface area contributed by atoms with Crippen molar-refractivity contribution in [2.24, 2.45) is 5.41 Å². The van der Waals surface area contributed by atoms with Crippen LogP contribution in [0.25, 0.3) is 0 Å². The van der Waals surface area contributed by atoms with Crippen molar-refractivity contribution >= 4 is 31.9 Å². The molecule has 23 heavy (non-hydrogen) atoms. The maximum absolute atomic E-state index is 10.2. The maximum Gasteiger partial charge on any atom is 0.173 e. The van der Waals surface area contributed by atoms with Crippen LogP contribution in [0.2, 0.25) is 0 Å². The van der Waals surface area contributed by atoms with Gasteiger partial charge in [-0.3, -0.25) is 4.90 Å². The van der Waals surface area contributed by atoms with Gasteiger partial charge in [0.25, 0.3) is 0 Å². The fourth-order valence-electron chi connectivity index (χ4n) is 3.11. The van der Waals surface area contributed by atoms with Gasteiger partial charge in [-0.25, -0.2) is 0 Å². The fourth-order valence-corrected chi connectivity index (χ4v) is 4.05. The second-order valence-electron chi connectivity index (χ2n) is 6.48. The molecular formula is C16H24Br2N2O3. The fraction of sp³-hybridized carbons (Fsp3) is 0.625. The molecule has 0 spiro atoms. The minimum atomic E-state index is -0.346. The van der Waals surface area contributed by atoms with Crippen molar-refractivity contribution in [1.82, 2.24) is 10.2 Å². The molecule has 3 N–H and O–H groups in total. The molecule has 0 amide bonds. The smallest absolute Gasteiger partial charge is 0.173 e. The number of nitrogens with one attached hydrogen (secondary N) is 1. The molecule has 0 radical (unpaired) electrons. The molecule has 1 aliphatic rings. The van der Waals surface area contributed by atoms with Crippen molar-refractivity contribution in [2.75, 3.05) is 39.9 Å². The number of benzene rings is 1. The Morgan fingerprint density at radius 3 is 2.43 bits per heavy atom. The normalized spacial score (nSPS) is 18.0. The minimum absolute atomic E-state index is 0.00484. The van der Waals surface area contributed by atoms with E-state index < -0.39 is 0 Å². The van der Waals surface area contributed by atoms with E-state index in [1.165, 1.54) is 7.11 Å². The lowest BCUT2D eigenvalue weighted by atomic mass is 9.79. The van der Waals surface area contributed by atoms with E-state index in [-0.39, 0.29) is 23.8 Å². The van der Waals surface area contributed by atoms with Crippen molar-refractivity contribution in [3.8, 4) is 11.5 Å². The van der Waals surface area contributed by atoms with Gasteiger partial charge in [-0.15, -0.1) is 0 Å². The first-order valence-electron chi connectivity index (χ1n) is 7.64. The van der Waals surface area contributed by atoms with E-state index in [0.717, 1.165) is 36.2 Å². The highest BCUT2D eigenvalue weighted by Crippen LogP contribution is 2.48. The predicted molar refractivity (Wildman–Crippen MR) is 98.1 cm³/mol. The number of nitrogens with zero attached hydrogens (tertiary/aromatic N) is 1. The Hall–Kier alpha value is -0.340. The van der Waals surface area contributed by atoms with Crippen molar-refractivity contribution < 1.29 is 14.9 Å². The molecule has 1 atom stereocenters. The van der Waals surface area contributed by atoms with E-state index in [1.54, 1.807) is 0 Å². The Balaban J connectivity index is 2.57. The number of aromatic hydroxyl groups is 1. The standard InChI is InChI=1S/C16H24Br2N2O3/c1-16(2,9-21)15(20-6-4-19-5-7-20)10-8-11(23-3)14(22)13(18)12(10)17/h8,15,19,21-22H,4-7,9H2,1-3H3/t15-/m1/s1. The molecule has 5 nitrogen and oxygen atoms in total. The van der Waals surface area contributed by atoms with Crippen LogP contribution in [0.1, 0.15) is 25.5 Å².